The fourth-order valence-electron chi connectivity index (χ4n) is 3.04. The molecule has 0 fully saturated rings. The Balaban J connectivity index is 1.83. The standard InChI is InChI=1S/C17H16F3N/c18-17(19,20)15-7-3-6-13(10-15)16(21)14-8-11-4-1-2-5-12(11)9-14/h1-7,10,14,16H,8-9,21H2. The molecule has 1 aliphatic carbocycles. The molecule has 0 bridgehead atoms. The first-order chi connectivity index (χ1) is 9.95. The van der Waals surface area contributed by atoms with Gasteiger partial charge in [0.15, 0.2) is 0 Å². The van der Waals surface area contributed by atoms with Crippen LogP contribution in [0.1, 0.15) is 28.3 Å². The molecule has 110 valence electrons. The number of hydrogen-bond acceptors (Lipinski definition) is 1. The predicted molar refractivity (Wildman–Crippen MR) is 75.7 cm³/mol. The van der Waals surface area contributed by atoms with E-state index in [1.54, 1.807) is 6.07 Å². The van der Waals surface area contributed by atoms with Crippen LogP contribution in [-0.4, -0.2) is 0 Å². The van der Waals surface area contributed by atoms with Gasteiger partial charge in [0.05, 0.1) is 5.56 Å². The second kappa shape index (κ2) is 5.19. The number of fused-ring (bicyclic) bond motifs is 1. The second-order valence-corrected chi connectivity index (χ2v) is 5.59. The Bertz CT molecular complexity index is 623. The minimum Gasteiger partial charge on any atom is -0.324 e. The molecule has 0 saturated carbocycles. The van der Waals surface area contributed by atoms with E-state index in [1.807, 2.05) is 12.1 Å². The summed E-state index contributed by atoms with van der Waals surface area (Å²) in [4.78, 5) is 0. The molecule has 21 heavy (non-hydrogen) atoms. The van der Waals surface area contributed by atoms with Crippen molar-refractivity contribution in [2.45, 2.75) is 25.1 Å². The smallest absolute Gasteiger partial charge is 0.324 e. The van der Waals surface area contributed by atoms with E-state index >= 15 is 0 Å². The monoisotopic (exact) mass is 291 g/mol. The molecule has 1 atom stereocenters. The van der Waals surface area contributed by atoms with Crippen LogP contribution < -0.4 is 5.73 Å². The molecule has 2 N–H and O–H groups in total. The average molecular weight is 291 g/mol. The van der Waals surface area contributed by atoms with E-state index in [2.05, 4.69) is 12.1 Å². The zero-order valence-corrected chi connectivity index (χ0v) is 11.4. The molecule has 0 heterocycles. The van der Waals surface area contributed by atoms with Crippen molar-refractivity contribution < 1.29 is 13.2 Å². The van der Waals surface area contributed by atoms with E-state index in [0.717, 1.165) is 18.9 Å². The molecule has 0 saturated heterocycles. The van der Waals surface area contributed by atoms with Gasteiger partial charge in [-0.15, -0.1) is 0 Å². The van der Waals surface area contributed by atoms with E-state index in [4.69, 9.17) is 5.73 Å². The van der Waals surface area contributed by atoms with Gasteiger partial charge in [0.1, 0.15) is 0 Å². The molecule has 1 aliphatic rings. The minimum absolute atomic E-state index is 0.158. The van der Waals surface area contributed by atoms with E-state index in [0.29, 0.717) is 5.56 Å². The maximum absolute atomic E-state index is 12.8. The van der Waals surface area contributed by atoms with Gasteiger partial charge in [0.25, 0.3) is 0 Å². The van der Waals surface area contributed by atoms with Crippen LogP contribution in [0, 0.1) is 5.92 Å². The molecule has 0 aliphatic heterocycles. The second-order valence-electron chi connectivity index (χ2n) is 5.59. The Morgan fingerprint density at radius 1 is 0.952 bits per heavy atom. The van der Waals surface area contributed by atoms with Gasteiger partial charge in [-0.1, -0.05) is 36.4 Å². The van der Waals surface area contributed by atoms with Crippen molar-refractivity contribution in [2.75, 3.05) is 0 Å². The van der Waals surface area contributed by atoms with Gasteiger partial charge < -0.3 is 5.73 Å². The summed E-state index contributed by atoms with van der Waals surface area (Å²) < 4.78 is 38.3. The summed E-state index contributed by atoms with van der Waals surface area (Å²) in [5.41, 5.74) is 8.66. The molecule has 2 aromatic carbocycles. The largest absolute Gasteiger partial charge is 0.416 e. The van der Waals surface area contributed by atoms with Crippen molar-refractivity contribution in [3.63, 3.8) is 0 Å². The molecule has 2 aromatic rings. The first kappa shape index (κ1) is 14.1. The van der Waals surface area contributed by atoms with Crippen LogP contribution >= 0.6 is 0 Å². The molecular formula is C17H16F3N. The van der Waals surface area contributed by atoms with Crippen molar-refractivity contribution in [2.24, 2.45) is 11.7 Å². The van der Waals surface area contributed by atoms with Gasteiger partial charge >= 0.3 is 6.18 Å². The summed E-state index contributed by atoms with van der Waals surface area (Å²) in [6.45, 7) is 0. The van der Waals surface area contributed by atoms with Crippen LogP contribution in [0.25, 0.3) is 0 Å². The third-order valence-electron chi connectivity index (χ3n) is 4.19. The lowest BCUT2D eigenvalue weighted by atomic mass is 9.90. The molecule has 3 rings (SSSR count). The lowest BCUT2D eigenvalue weighted by Crippen LogP contribution is -2.22. The number of rotatable bonds is 2. The van der Waals surface area contributed by atoms with Crippen LogP contribution in [0.4, 0.5) is 13.2 Å². The molecule has 1 unspecified atom stereocenters. The highest BCUT2D eigenvalue weighted by atomic mass is 19.4. The normalized spacial score (nSPS) is 16.8. The van der Waals surface area contributed by atoms with Crippen LogP contribution in [0.5, 0.6) is 0 Å². The fourth-order valence-corrected chi connectivity index (χ4v) is 3.04. The molecule has 0 spiro atoms. The summed E-state index contributed by atoms with van der Waals surface area (Å²) in [5, 5.41) is 0. The highest BCUT2D eigenvalue weighted by Gasteiger charge is 2.32. The Labute approximate surface area is 121 Å². The van der Waals surface area contributed by atoms with Crippen LogP contribution in [-0.2, 0) is 19.0 Å². The highest BCUT2D eigenvalue weighted by Crippen LogP contribution is 2.36. The van der Waals surface area contributed by atoms with Crippen LogP contribution in [0.2, 0.25) is 0 Å². The van der Waals surface area contributed by atoms with Crippen molar-refractivity contribution in [3.8, 4) is 0 Å². The molecule has 0 aromatic heterocycles. The number of alkyl halides is 3. The SMILES string of the molecule is NC(c1cccc(C(F)(F)F)c1)C1Cc2ccccc2C1. The average Bonchev–Trinajstić information content (AvgIpc) is 2.89. The molecule has 4 heteroatoms. The number of nitrogens with two attached hydrogens (primary N) is 1. The Kier molecular flexibility index (Phi) is 3.49. The number of hydrogen-bond donors (Lipinski definition) is 1. The van der Waals surface area contributed by atoms with Crippen LogP contribution in [0.15, 0.2) is 48.5 Å². The van der Waals surface area contributed by atoms with Gasteiger partial charge in [-0.25, -0.2) is 0 Å². The molecule has 0 amide bonds. The predicted octanol–water partition coefficient (Wildman–Crippen LogP) is 4.12. The lowest BCUT2D eigenvalue weighted by molar-refractivity contribution is -0.137. The summed E-state index contributed by atoms with van der Waals surface area (Å²) in [6.07, 6.45) is -2.67. The van der Waals surface area contributed by atoms with Gasteiger partial charge in [-0.2, -0.15) is 13.2 Å². The van der Waals surface area contributed by atoms with Gasteiger partial charge in [-0.05, 0) is 47.6 Å². The summed E-state index contributed by atoms with van der Waals surface area (Å²) in [6, 6.07) is 13.1. The third-order valence-corrected chi connectivity index (χ3v) is 4.19. The van der Waals surface area contributed by atoms with Crippen molar-refractivity contribution >= 4 is 0 Å². The van der Waals surface area contributed by atoms with Crippen molar-refractivity contribution in [1.82, 2.24) is 0 Å². The van der Waals surface area contributed by atoms with Gasteiger partial charge in [-0.3, -0.25) is 0 Å². The Hall–Kier alpha value is -1.81. The minimum atomic E-state index is -4.33. The fraction of sp³-hybridized carbons (Fsp3) is 0.294. The van der Waals surface area contributed by atoms with E-state index in [-0.39, 0.29) is 12.0 Å². The van der Waals surface area contributed by atoms with E-state index < -0.39 is 11.7 Å². The van der Waals surface area contributed by atoms with E-state index in [1.165, 1.54) is 23.3 Å². The first-order valence-electron chi connectivity index (χ1n) is 6.94. The lowest BCUT2D eigenvalue weighted by Gasteiger charge is -2.20. The maximum atomic E-state index is 12.8. The van der Waals surface area contributed by atoms with E-state index in [9.17, 15) is 13.2 Å². The van der Waals surface area contributed by atoms with Crippen molar-refractivity contribution in [1.29, 1.82) is 0 Å². The van der Waals surface area contributed by atoms with Gasteiger partial charge in [0.2, 0.25) is 0 Å². The number of halogens is 3. The number of benzene rings is 2. The van der Waals surface area contributed by atoms with Crippen LogP contribution in [0.3, 0.4) is 0 Å². The Morgan fingerprint density at radius 2 is 1.57 bits per heavy atom. The summed E-state index contributed by atoms with van der Waals surface area (Å²) in [5.74, 6) is 0.158. The van der Waals surface area contributed by atoms with Crippen molar-refractivity contribution in [3.05, 3.63) is 70.8 Å². The quantitative estimate of drug-likeness (QED) is 0.885. The third kappa shape index (κ3) is 2.81. The Morgan fingerprint density at radius 3 is 2.14 bits per heavy atom. The maximum Gasteiger partial charge on any atom is 0.416 e. The summed E-state index contributed by atoms with van der Waals surface area (Å²) in [7, 11) is 0. The first-order valence-corrected chi connectivity index (χ1v) is 6.94. The molecular weight excluding hydrogens is 275 g/mol. The topological polar surface area (TPSA) is 26.0 Å². The zero-order chi connectivity index (χ0) is 15.0. The zero-order valence-electron chi connectivity index (χ0n) is 11.4. The highest BCUT2D eigenvalue weighted by molar-refractivity contribution is 5.35. The van der Waals surface area contributed by atoms with Gasteiger partial charge in [0, 0.05) is 6.04 Å². The molecule has 0 radical (unpaired) electrons. The summed E-state index contributed by atoms with van der Waals surface area (Å²) >= 11 is 0. The molecule has 1 nitrogen and oxygen atoms in total.